The maximum absolute atomic E-state index is 13.3. The van der Waals surface area contributed by atoms with Crippen molar-refractivity contribution in [1.29, 1.82) is 0 Å². The molecule has 1 amide bonds. The molecule has 0 saturated carbocycles. The van der Waals surface area contributed by atoms with Crippen molar-refractivity contribution in [3.8, 4) is 0 Å². The van der Waals surface area contributed by atoms with Crippen LogP contribution in [0.3, 0.4) is 0 Å². The molecular formula is C22H23Cl2NO4. The fraction of sp³-hybridized carbons (Fsp3) is 0.318. The highest BCUT2D eigenvalue weighted by atomic mass is 35.5. The number of rotatable bonds is 7. The zero-order valence-corrected chi connectivity index (χ0v) is 18.0. The maximum Gasteiger partial charge on any atom is 0.282 e. The Morgan fingerprint density at radius 1 is 1.17 bits per heavy atom. The van der Waals surface area contributed by atoms with E-state index < -0.39 is 11.4 Å². The van der Waals surface area contributed by atoms with E-state index in [9.17, 15) is 9.90 Å². The Kier molecular flexibility index (Phi) is 6.54. The molecule has 5 nitrogen and oxygen atoms in total. The van der Waals surface area contributed by atoms with Crippen LogP contribution in [0.25, 0.3) is 5.57 Å². The lowest BCUT2D eigenvalue weighted by molar-refractivity contribution is -0.245. The van der Waals surface area contributed by atoms with Gasteiger partial charge in [0.2, 0.25) is 0 Å². The molecule has 0 radical (unpaired) electrons. The third-order valence-corrected chi connectivity index (χ3v) is 5.44. The molecule has 29 heavy (non-hydrogen) atoms. The molecular weight excluding hydrogens is 413 g/mol. The average Bonchev–Trinajstić information content (AvgIpc) is 2.83. The summed E-state index contributed by atoms with van der Waals surface area (Å²) in [4.78, 5) is 18.9. The van der Waals surface area contributed by atoms with Crippen molar-refractivity contribution < 1.29 is 19.5 Å². The number of hydrogen-bond donors (Lipinski definition) is 1. The number of ether oxygens (including phenoxy) is 1. The molecule has 1 heterocycles. The first-order valence-electron chi connectivity index (χ1n) is 9.28. The molecule has 1 aliphatic rings. The lowest BCUT2D eigenvalue weighted by Gasteiger charge is -2.34. The minimum atomic E-state index is -1.12. The van der Waals surface area contributed by atoms with Crippen molar-refractivity contribution in [3.63, 3.8) is 0 Å². The molecule has 0 aromatic heterocycles. The van der Waals surface area contributed by atoms with Gasteiger partial charge >= 0.3 is 0 Å². The number of aryl methyl sites for hydroxylation is 1. The molecule has 7 heteroatoms. The highest BCUT2D eigenvalue weighted by Crippen LogP contribution is 2.43. The Morgan fingerprint density at radius 3 is 2.59 bits per heavy atom. The number of aliphatic hydroxyl groups is 1. The topological polar surface area (TPSA) is 59.0 Å². The van der Waals surface area contributed by atoms with Crippen LogP contribution in [0.4, 0.5) is 0 Å². The second kappa shape index (κ2) is 8.76. The molecule has 3 rings (SSSR count). The third-order valence-electron chi connectivity index (χ3n) is 4.89. The first-order valence-corrected chi connectivity index (χ1v) is 10.0. The van der Waals surface area contributed by atoms with Gasteiger partial charge in [-0.15, -0.1) is 0 Å². The van der Waals surface area contributed by atoms with Gasteiger partial charge in [0.05, 0.1) is 10.6 Å². The maximum atomic E-state index is 13.3. The molecule has 2 aromatic carbocycles. The largest absolute Gasteiger partial charge is 0.509 e. The van der Waals surface area contributed by atoms with E-state index in [0.717, 1.165) is 11.1 Å². The Labute approximate surface area is 180 Å². The SMILES string of the molecule is CCOCON1C(=O)C(c2ccc(Cl)cc2Cl)=C(O)C1(C)Cc1cccc(C)c1. The van der Waals surface area contributed by atoms with Gasteiger partial charge in [-0.05, 0) is 38.5 Å². The van der Waals surface area contributed by atoms with Gasteiger partial charge in [0.25, 0.3) is 5.91 Å². The summed E-state index contributed by atoms with van der Waals surface area (Å²) in [7, 11) is 0. The molecule has 154 valence electrons. The van der Waals surface area contributed by atoms with E-state index in [-0.39, 0.29) is 23.1 Å². The molecule has 1 unspecified atom stereocenters. The number of nitrogens with zero attached hydrogens (tertiary/aromatic N) is 1. The summed E-state index contributed by atoms with van der Waals surface area (Å²) in [5.41, 5.74) is 1.41. The fourth-order valence-corrected chi connectivity index (χ4v) is 3.98. The average molecular weight is 436 g/mol. The predicted molar refractivity (Wildman–Crippen MR) is 114 cm³/mol. The van der Waals surface area contributed by atoms with Crippen LogP contribution in [-0.2, 0) is 20.8 Å². The van der Waals surface area contributed by atoms with Crippen molar-refractivity contribution >= 4 is 34.7 Å². The van der Waals surface area contributed by atoms with E-state index in [1.807, 2.05) is 38.1 Å². The quantitative estimate of drug-likeness (QED) is 0.470. The van der Waals surface area contributed by atoms with Crippen LogP contribution in [0.2, 0.25) is 10.0 Å². The van der Waals surface area contributed by atoms with E-state index in [4.69, 9.17) is 32.8 Å². The number of carbonyl (C=O) groups excluding carboxylic acids is 1. The Bertz CT molecular complexity index is 960. The number of carbonyl (C=O) groups is 1. The molecule has 1 atom stereocenters. The summed E-state index contributed by atoms with van der Waals surface area (Å²) < 4.78 is 5.26. The Hall–Kier alpha value is -2.05. The molecule has 0 aliphatic carbocycles. The van der Waals surface area contributed by atoms with Crippen LogP contribution < -0.4 is 0 Å². The van der Waals surface area contributed by atoms with Crippen LogP contribution in [0, 0.1) is 6.92 Å². The Morgan fingerprint density at radius 2 is 1.93 bits per heavy atom. The zero-order valence-electron chi connectivity index (χ0n) is 16.5. The van der Waals surface area contributed by atoms with Crippen molar-refractivity contribution in [1.82, 2.24) is 5.06 Å². The number of aliphatic hydroxyl groups excluding tert-OH is 1. The van der Waals surface area contributed by atoms with Crippen molar-refractivity contribution in [2.45, 2.75) is 32.7 Å². The van der Waals surface area contributed by atoms with Crippen LogP contribution in [0.15, 0.2) is 48.2 Å². The molecule has 0 bridgehead atoms. The number of amides is 1. The summed E-state index contributed by atoms with van der Waals surface area (Å²) in [6.07, 6.45) is 0.354. The van der Waals surface area contributed by atoms with Gasteiger partial charge in [0, 0.05) is 23.6 Å². The minimum absolute atomic E-state index is 0.0957. The van der Waals surface area contributed by atoms with Gasteiger partial charge in [0.1, 0.15) is 11.3 Å². The van der Waals surface area contributed by atoms with E-state index in [1.165, 1.54) is 11.1 Å². The van der Waals surface area contributed by atoms with E-state index in [2.05, 4.69) is 0 Å². The summed E-state index contributed by atoms with van der Waals surface area (Å²) in [6, 6.07) is 12.7. The Balaban J connectivity index is 2.07. The first-order chi connectivity index (χ1) is 13.8. The van der Waals surface area contributed by atoms with Crippen molar-refractivity contribution in [3.05, 3.63) is 75.0 Å². The fourth-order valence-electron chi connectivity index (χ4n) is 3.48. The van der Waals surface area contributed by atoms with Crippen LogP contribution >= 0.6 is 23.2 Å². The second-order valence-corrected chi connectivity index (χ2v) is 7.97. The minimum Gasteiger partial charge on any atom is -0.509 e. The third kappa shape index (κ3) is 4.28. The van der Waals surface area contributed by atoms with Gasteiger partial charge in [-0.1, -0.05) is 59.1 Å². The monoisotopic (exact) mass is 435 g/mol. The normalized spacial score (nSPS) is 19.3. The molecule has 2 aromatic rings. The van der Waals surface area contributed by atoms with Gasteiger partial charge < -0.3 is 9.84 Å². The number of halogens is 2. The number of hydroxylamine groups is 2. The van der Waals surface area contributed by atoms with Crippen LogP contribution in [0.1, 0.15) is 30.5 Å². The first kappa shape index (κ1) is 21.7. The van der Waals surface area contributed by atoms with Gasteiger partial charge in [-0.2, -0.15) is 0 Å². The molecule has 1 aliphatic heterocycles. The van der Waals surface area contributed by atoms with E-state index in [1.54, 1.807) is 19.1 Å². The standard InChI is InChI=1S/C22H23Cl2NO4/c1-4-28-13-29-25-21(27)19(17-9-8-16(23)11-18(17)24)20(26)22(25,3)12-15-7-5-6-14(2)10-15/h5-11,26H,4,12-13H2,1-3H3. The van der Waals surface area contributed by atoms with Gasteiger partial charge in [0.15, 0.2) is 6.79 Å². The predicted octanol–water partition coefficient (Wildman–Crippen LogP) is 5.34. The van der Waals surface area contributed by atoms with Gasteiger partial charge in [-0.25, -0.2) is 9.90 Å². The van der Waals surface area contributed by atoms with Crippen LogP contribution in [0.5, 0.6) is 0 Å². The lowest BCUT2D eigenvalue weighted by Crippen LogP contribution is -2.48. The van der Waals surface area contributed by atoms with Crippen molar-refractivity contribution in [2.24, 2.45) is 0 Å². The number of benzene rings is 2. The smallest absolute Gasteiger partial charge is 0.282 e. The molecule has 1 N–H and O–H groups in total. The summed E-state index contributed by atoms with van der Waals surface area (Å²) in [5.74, 6) is -0.591. The highest BCUT2D eigenvalue weighted by Gasteiger charge is 2.51. The van der Waals surface area contributed by atoms with Gasteiger partial charge in [-0.3, -0.25) is 4.79 Å². The zero-order chi connectivity index (χ0) is 21.2. The summed E-state index contributed by atoms with van der Waals surface area (Å²) in [6.45, 7) is 5.90. The molecule has 0 spiro atoms. The summed E-state index contributed by atoms with van der Waals surface area (Å²) >= 11 is 12.3. The lowest BCUT2D eigenvalue weighted by atomic mass is 9.90. The molecule has 0 saturated heterocycles. The summed E-state index contributed by atoms with van der Waals surface area (Å²) in [5, 5.41) is 13.1. The number of hydrogen-bond acceptors (Lipinski definition) is 4. The van der Waals surface area contributed by atoms with Crippen molar-refractivity contribution in [2.75, 3.05) is 13.4 Å². The van der Waals surface area contributed by atoms with E-state index in [0.29, 0.717) is 23.6 Å². The van der Waals surface area contributed by atoms with E-state index >= 15 is 0 Å². The highest BCUT2D eigenvalue weighted by molar-refractivity contribution is 6.37. The van der Waals surface area contributed by atoms with Crippen LogP contribution in [-0.4, -0.2) is 35.0 Å². The second-order valence-electron chi connectivity index (χ2n) is 7.13. The molecule has 0 fully saturated rings.